The number of carbonyl (C=O) groups is 2. The maximum absolute atomic E-state index is 11.8. The van der Waals surface area contributed by atoms with Gasteiger partial charge in [0.25, 0.3) is 0 Å². The fourth-order valence-electron chi connectivity index (χ4n) is 1.75. The molecule has 0 aliphatic rings. The second kappa shape index (κ2) is 6.34. The lowest BCUT2D eigenvalue weighted by Crippen LogP contribution is -2.13. The van der Waals surface area contributed by atoms with Crippen molar-refractivity contribution in [1.82, 2.24) is 0 Å². The molecule has 2 rings (SSSR count). The first kappa shape index (κ1) is 14.3. The van der Waals surface area contributed by atoms with Crippen LogP contribution in [0.3, 0.4) is 0 Å². The Morgan fingerprint density at radius 1 is 1.25 bits per heavy atom. The number of nitrogens with one attached hydrogen (secondary N) is 1. The summed E-state index contributed by atoms with van der Waals surface area (Å²) in [6.07, 6.45) is 0.267. The first-order valence-electron chi connectivity index (χ1n) is 6.22. The van der Waals surface area contributed by atoms with E-state index in [1.54, 1.807) is 18.2 Å². The number of phenolic OH excluding ortho intramolecular Hbond substituents is 1. The number of hydrogen-bond donors (Lipinski definition) is 2. The van der Waals surface area contributed by atoms with Crippen molar-refractivity contribution in [1.29, 1.82) is 0 Å². The molecule has 1 aromatic heterocycles. The number of benzene rings is 1. The summed E-state index contributed by atoms with van der Waals surface area (Å²) in [5.74, 6) is -0.298. The van der Waals surface area contributed by atoms with Gasteiger partial charge in [0, 0.05) is 12.8 Å². The van der Waals surface area contributed by atoms with Gasteiger partial charge in [-0.2, -0.15) is 0 Å². The van der Waals surface area contributed by atoms with Gasteiger partial charge in [0.1, 0.15) is 5.75 Å². The maximum atomic E-state index is 11.8. The molecule has 104 valence electrons. The highest BCUT2D eigenvalue weighted by Gasteiger charge is 2.11. The van der Waals surface area contributed by atoms with Gasteiger partial charge >= 0.3 is 0 Å². The van der Waals surface area contributed by atoms with Gasteiger partial charge in [-0.15, -0.1) is 11.3 Å². The maximum Gasteiger partial charge on any atom is 0.224 e. The van der Waals surface area contributed by atoms with Crippen molar-refractivity contribution in [2.75, 3.05) is 5.32 Å². The van der Waals surface area contributed by atoms with Gasteiger partial charge in [0.15, 0.2) is 5.78 Å². The zero-order chi connectivity index (χ0) is 14.5. The summed E-state index contributed by atoms with van der Waals surface area (Å²) in [4.78, 5) is 24.2. The average molecular weight is 289 g/mol. The number of ketones is 1. The lowest BCUT2D eigenvalue weighted by molar-refractivity contribution is -0.116. The highest BCUT2D eigenvalue weighted by atomic mass is 32.1. The van der Waals surface area contributed by atoms with E-state index < -0.39 is 0 Å². The van der Waals surface area contributed by atoms with Crippen molar-refractivity contribution in [3.63, 3.8) is 0 Å². The lowest BCUT2D eigenvalue weighted by atomic mass is 10.1. The molecule has 0 aliphatic heterocycles. The average Bonchev–Trinajstić information content (AvgIpc) is 2.94. The Labute approximate surface area is 121 Å². The van der Waals surface area contributed by atoms with Crippen LogP contribution in [0.1, 0.15) is 28.1 Å². The Morgan fingerprint density at radius 2 is 2.05 bits per heavy atom. The molecular weight excluding hydrogens is 274 g/mol. The summed E-state index contributed by atoms with van der Waals surface area (Å²) in [7, 11) is 0. The van der Waals surface area contributed by atoms with Crippen LogP contribution >= 0.6 is 11.3 Å². The predicted molar refractivity (Wildman–Crippen MR) is 79.4 cm³/mol. The molecule has 0 aliphatic carbocycles. The van der Waals surface area contributed by atoms with E-state index in [1.165, 1.54) is 17.4 Å². The molecule has 0 spiro atoms. The molecule has 0 radical (unpaired) electrons. The number of carbonyl (C=O) groups excluding carboxylic acids is 2. The number of Topliss-reactive ketones (excluding diaryl/α,β-unsaturated/α-hetero) is 1. The molecule has 1 amide bonds. The van der Waals surface area contributed by atoms with E-state index in [9.17, 15) is 14.7 Å². The van der Waals surface area contributed by atoms with Crippen molar-refractivity contribution in [2.24, 2.45) is 0 Å². The highest BCUT2D eigenvalue weighted by molar-refractivity contribution is 7.12. The number of anilines is 1. The Kier molecular flexibility index (Phi) is 4.53. The van der Waals surface area contributed by atoms with Crippen molar-refractivity contribution in [2.45, 2.75) is 19.8 Å². The van der Waals surface area contributed by atoms with Gasteiger partial charge in [0.2, 0.25) is 5.91 Å². The third-order valence-corrected chi connectivity index (χ3v) is 3.71. The summed E-state index contributed by atoms with van der Waals surface area (Å²) >= 11 is 1.37. The first-order chi connectivity index (χ1) is 9.56. The largest absolute Gasteiger partial charge is 0.506 e. The zero-order valence-electron chi connectivity index (χ0n) is 11.1. The molecule has 0 bridgehead atoms. The Balaban J connectivity index is 1.90. The van der Waals surface area contributed by atoms with Crippen molar-refractivity contribution < 1.29 is 14.7 Å². The van der Waals surface area contributed by atoms with Crippen molar-refractivity contribution in [3.05, 3.63) is 46.2 Å². The molecule has 1 heterocycles. The summed E-state index contributed by atoms with van der Waals surface area (Å²) < 4.78 is 0. The van der Waals surface area contributed by atoms with Gasteiger partial charge in [0.05, 0.1) is 10.6 Å². The van der Waals surface area contributed by atoms with Gasteiger partial charge in [-0.05, 0) is 36.1 Å². The molecule has 2 N–H and O–H groups in total. The molecule has 4 nitrogen and oxygen atoms in total. The monoisotopic (exact) mass is 289 g/mol. The van der Waals surface area contributed by atoms with E-state index in [2.05, 4.69) is 5.32 Å². The van der Waals surface area contributed by atoms with Crippen LogP contribution < -0.4 is 5.32 Å². The minimum atomic E-state index is -0.282. The normalized spacial score (nSPS) is 10.2. The third kappa shape index (κ3) is 3.68. The molecule has 0 unspecified atom stereocenters. The second-order valence-corrected chi connectivity index (χ2v) is 5.42. The van der Waals surface area contributed by atoms with Gasteiger partial charge in [-0.1, -0.05) is 12.1 Å². The van der Waals surface area contributed by atoms with E-state index in [4.69, 9.17) is 0 Å². The van der Waals surface area contributed by atoms with E-state index >= 15 is 0 Å². The third-order valence-electron chi connectivity index (χ3n) is 2.80. The fraction of sp³-hybridized carbons (Fsp3) is 0.200. The van der Waals surface area contributed by atoms with Crippen LogP contribution in [0.2, 0.25) is 0 Å². The van der Waals surface area contributed by atoms with Crippen LogP contribution in [0, 0.1) is 6.92 Å². The predicted octanol–water partition coefficient (Wildman–Crippen LogP) is 3.36. The van der Waals surface area contributed by atoms with Crippen LogP contribution in [0.15, 0.2) is 35.7 Å². The topological polar surface area (TPSA) is 66.4 Å². The van der Waals surface area contributed by atoms with Crippen LogP contribution in [-0.4, -0.2) is 16.8 Å². The lowest BCUT2D eigenvalue weighted by Gasteiger charge is -2.07. The van der Waals surface area contributed by atoms with Gasteiger partial charge in [-0.25, -0.2) is 0 Å². The number of aromatic hydroxyl groups is 1. The van der Waals surface area contributed by atoms with E-state index in [0.29, 0.717) is 10.6 Å². The smallest absolute Gasteiger partial charge is 0.224 e. The fourth-order valence-corrected chi connectivity index (χ4v) is 2.44. The summed E-state index contributed by atoms with van der Waals surface area (Å²) in [6, 6.07) is 8.53. The Morgan fingerprint density at radius 3 is 2.75 bits per heavy atom. The summed E-state index contributed by atoms with van der Waals surface area (Å²) in [6.45, 7) is 1.87. The Hall–Kier alpha value is -2.14. The minimum Gasteiger partial charge on any atom is -0.506 e. The number of rotatable bonds is 5. The van der Waals surface area contributed by atoms with Crippen molar-refractivity contribution >= 4 is 28.7 Å². The Bertz CT molecular complexity index is 620. The molecule has 0 saturated heterocycles. The SMILES string of the molecule is Cc1ccc(O)c(NC(=O)CCC(=O)c2cccs2)c1. The summed E-state index contributed by atoms with van der Waals surface area (Å²) in [5.41, 5.74) is 1.31. The van der Waals surface area contributed by atoms with E-state index in [-0.39, 0.29) is 30.3 Å². The molecule has 0 atom stereocenters. The first-order valence-corrected chi connectivity index (χ1v) is 7.10. The van der Waals surface area contributed by atoms with Crippen LogP contribution in [0.4, 0.5) is 5.69 Å². The molecule has 2 aromatic rings. The number of thiophene rings is 1. The molecule has 0 saturated carbocycles. The zero-order valence-corrected chi connectivity index (χ0v) is 11.9. The quantitative estimate of drug-likeness (QED) is 0.655. The second-order valence-electron chi connectivity index (χ2n) is 4.47. The molecule has 0 fully saturated rings. The number of phenols is 1. The molecule has 1 aromatic carbocycles. The molecule has 20 heavy (non-hydrogen) atoms. The molecular formula is C15H15NO3S. The van der Waals surface area contributed by atoms with Crippen LogP contribution in [-0.2, 0) is 4.79 Å². The molecule has 5 heteroatoms. The van der Waals surface area contributed by atoms with Gasteiger partial charge < -0.3 is 10.4 Å². The number of hydrogen-bond acceptors (Lipinski definition) is 4. The number of aryl methyl sites for hydroxylation is 1. The van der Waals surface area contributed by atoms with Crippen LogP contribution in [0.25, 0.3) is 0 Å². The van der Waals surface area contributed by atoms with Crippen molar-refractivity contribution in [3.8, 4) is 5.75 Å². The van der Waals surface area contributed by atoms with E-state index in [1.807, 2.05) is 18.4 Å². The minimum absolute atomic E-state index is 0.0218. The standard InChI is InChI=1S/C15H15NO3S/c1-10-4-5-12(17)11(9-10)16-15(19)7-6-13(18)14-3-2-8-20-14/h2-5,8-9,17H,6-7H2,1H3,(H,16,19). The number of amides is 1. The van der Waals surface area contributed by atoms with E-state index in [0.717, 1.165) is 5.56 Å². The highest BCUT2D eigenvalue weighted by Crippen LogP contribution is 2.24. The summed E-state index contributed by atoms with van der Waals surface area (Å²) in [5, 5.41) is 14.1. The van der Waals surface area contributed by atoms with Crippen LogP contribution in [0.5, 0.6) is 5.75 Å². The van der Waals surface area contributed by atoms with Gasteiger partial charge in [-0.3, -0.25) is 9.59 Å².